The molecule has 0 spiro atoms. The number of thioether (sulfide) groups is 1. The van der Waals surface area contributed by atoms with Gasteiger partial charge >= 0.3 is 0 Å². The lowest BCUT2D eigenvalue weighted by atomic mass is 10.2. The predicted molar refractivity (Wildman–Crippen MR) is 107 cm³/mol. The zero-order valence-electron chi connectivity index (χ0n) is 14.0. The molecule has 134 valence electrons. The molecule has 0 unspecified atom stereocenters. The highest BCUT2D eigenvalue weighted by Gasteiger charge is 2.34. The molecule has 0 radical (unpaired) electrons. The Morgan fingerprint density at radius 2 is 1.69 bits per heavy atom. The van der Waals surface area contributed by atoms with E-state index in [0.717, 1.165) is 27.1 Å². The number of amides is 2. The van der Waals surface area contributed by atoms with Crippen molar-refractivity contribution in [1.29, 1.82) is 0 Å². The number of nitrogens with zero attached hydrogens (tertiary/aromatic N) is 1. The number of benzene rings is 2. The van der Waals surface area contributed by atoms with E-state index >= 15 is 0 Å². The molecule has 26 heavy (non-hydrogen) atoms. The van der Waals surface area contributed by atoms with Gasteiger partial charge in [-0.1, -0.05) is 35.5 Å². The van der Waals surface area contributed by atoms with Crippen molar-refractivity contribution in [2.24, 2.45) is 0 Å². The van der Waals surface area contributed by atoms with E-state index in [9.17, 15) is 9.59 Å². The minimum Gasteiger partial charge on any atom is -0.383 e. The molecule has 1 fully saturated rings. The van der Waals surface area contributed by atoms with Gasteiger partial charge in [0.15, 0.2) is 0 Å². The van der Waals surface area contributed by atoms with Gasteiger partial charge in [0.1, 0.15) is 0 Å². The first-order valence-electron chi connectivity index (χ1n) is 7.84. The highest BCUT2D eigenvalue weighted by Crippen LogP contribution is 2.33. The van der Waals surface area contributed by atoms with Crippen LogP contribution in [-0.4, -0.2) is 36.3 Å². The van der Waals surface area contributed by atoms with Gasteiger partial charge in [-0.05, 0) is 59.8 Å². The van der Waals surface area contributed by atoms with Crippen molar-refractivity contribution in [1.82, 2.24) is 4.90 Å². The molecule has 0 N–H and O–H groups in total. The molecular weight excluding hydrogens is 390 g/mol. The molecule has 4 nitrogen and oxygen atoms in total. The largest absolute Gasteiger partial charge is 0.383 e. The van der Waals surface area contributed by atoms with E-state index in [0.29, 0.717) is 16.5 Å². The summed E-state index contributed by atoms with van der Waals surface area (Å²) in [5.41, 5.74) is 0.877. The van der Waals surface area contributed by atoms with Crippen LogP contribution in [0.2, 0.25) is 5.02 Å². The number of hydrogen-bond donors (Lipinski definition) is 0. The first-order chi connectivity index (χ1) is 12.6. The van der Waals surface area contributed by atoms with Crippen LogP contribution in [0.25, 0.3) is 6.08 Å². The van der Waals surface area contributed by atoms with Crippen LogP contribution in [0.5, 0.6) is 0 Å². The second-order valence-corrected chi connectivity index (χ2v) is 8.03. The van der Waals surface area contributed by atoms with E-state index in [2.05, 4.69) is 0 Å². The number of imide groups is 1. The van der Waals surface area contributed by atoms with Crippen LogP contribution < -0.4 is 0 Å². The van der Waals surface area contributed by atoms with E-state index in [1.54, 1.807) is 24.9 Å². The fraction of sp³-hybridized carbons (Fsp3) is 0.158. The Labute approximate surface area is 165 Å². The van der Waals surface area contributed by atoms with Crippen LogP contribution in [0.15, 0.2) is 63.2 Å². The third-order valence-electron chi connectivity index (χ3n) is 3.62. The van der Waals surface area contributed by atoms with Crippen LogP contribution in [0.4, 0.5) is 4.79 Å². The molecule has 0 saturated carbocycles. The molecule has 1 aliphatic rings. The van der Waals surface area contributed by atoms with Crippen molar-refractivity contribution in [3.63, 3.8) is 0 Å². The summed E-state index contributed by atoms with van der Waals surface area (Å²) in [6.07, 6.45) is 1.74. The van der Waals surface area contributed by atoms with Crippen LogP contribution in [0.1, 0.15) is 5.56 Å². The Morgan fingerprint density at radius 1 is 1.08 bits per heavy atom. The number of carbonyl (C=O) groups is 2. The number of rotatable bonds is 6. The molecule has 1 saturated heterocycles. The Balaban J connectivity index is 1.68. The molecular formula is C19H16ClNO3S2. The molecule has 0 aliphatic carbocycles. The number of halogens is 1. The molecule has 1 heterocycles. The van der Waals surface area contributed by atoms with Crippen molar-refractivity contribution >= 4 is 52.3 Å². The lowest BCUT2D eigenvalue weighted by Gasteiger charge is -2.10. The monoisotopic (exact) mass is 405 g/mol. The summed E-state index contributed by atoms with van der Waals surface area (Å²) in [5.74, 6) is -0.267. The minimum atomic E-state index is -0.267. The lowest BCUT2D eigenvalue weighted by Crippen LogP contribution is -2.31. The number of hydrogen-bond acceptors (Lipinski definition) is 5. The fourth-order valence-corrected chi connectivity index (χ4v) is 4.11. The maximum Gasteiger partial charge on any atom is 0.293 e. The van der Waals surface area contributed by atoms with Crippen LogP contribution >= 0.6 is 35.1 Å². The highest BCUT2D eigenvalue weighted by molar-refractivity contribution is 8.18. The maximum atomic E-state index is 12.3. The summed E-state index contributed by atoms with van der Waals surface area (Å²) >= 11 is 8.49. The number of methoxy groups -OCH3 is 1. The van der Waals surface area contributed by atoms with E-state index in [4.69, 9.17) is 16.3 Å². The zero-order valence-corrected chi connectivity index (χ0v) is 16.4. The van der Waals surface area contributed by atoms with Gasteiger partial charge in [-0.15, -0.1) is 0 Å². The molecule has 7 heteroatoms. The van der Waals surface area contributed by atoms with Crippen molar-refractivity contribution in [2.45, 2.75) is 9.79 Å². The van der Waals surface area contributed by atoms with Crippen molar-refractivity contribution < 1.29 is 14.3 Å². The molecule has 2 aromatic rings. The van der Waals surface area contributed by atoms with Gasteiger partial charge in [-0.3, -0.25) is 14.5 Å². The Kier molecular flexibility index (Phi) is 6.43. The summed E-state index contributed by atoms with van der Waals surface area (Å²) in [6, 6.07) is 15.5. The van der Waals surface area contributed by atoms with Crippen LogP contribution in [0, 0.1) is 0 Å². The SMILES string of the molecule is COCCN1C(=O)S/C(=C/c2ccc(Sc3ccc(Cl)cc3)cc2)C1=O. The van der Waals surface area contributed by atoms with Gasteiger partial charge in [0.2, 0.25) is 0 Å². The third kappa shape index (κ3) is 4.71. The second-order valence-electron chi connectivity index (χ2n) is 5.45. The third-order valence-corrected chi connectivity index (χ3v) is 5.79. The molecule has 2 aromatic carbocycles. The molecule has 0 atom stereocenters. The first kappa shape index (κ1) is 19.0. The molecule has 1 aliphatic heterocycles. The van der Waals surface area contributed by atoms with Gasteiger partial charge in [-0.2, -0.15) is 0 Å². The number of carbonyl (C=O) groups excluding carboxylic acids is 2. The summed E-state index contributed by atoms with van der Waals surface area (Å²) < 4.78 is 4.94. The average Bonchev–Trinajstić information content (AvgIpc) is 2.90. The minimum absolute atomic E-state index is 0.256. The molecule has 0 aromatic heterocycles. The Morgan fingerprint density at radius 3 is 2.31 bits per heavy atom. The first-order valence-corrected chi connectivity index (χ1v) is 9.86. The van der Waals surface area contributed by atoms with Gasteiger partial charge in [0.05, 0.1) is 18.1 Å². The van der Waals surface area contributed by atoms with Crippen molar-refractivity contribution in [3.8, 4) is 0 Å². The fourth-order valence-electron chi connectivity index (χ4n) is 2.30. The number of ether oxygens (including phenoxy) is 1. The van der Waals surface area contributed by atoms with Gasteiger partial charge < -0.3 is 4.74 Å². The van der Waals surface area contributed by atoms with E-state index in [1.165, 1.54) is 4.90 Å². The summed E-state index contributed by atoms with van der Waals surface area (Å²) in [6.45, 7) is 0.608. The Hall–Kier alpha value is -1.73. The summed E-state index contributed by atoms with van der Waals surface area (Å²) in [5, 5.41) is 0.456. The zero-order chi connectivity index (χ0) is 18.5. The Bertz CT molecular complexity index is 835. The van der Waals surface area contributed by atoms with Crippen molar-refractivity contribution in [2.75, 3.05) is 20.3 Å². The highest BCUT2D eigenvalue weighted by atomic mass is 35.5. The normalized spacial score (nSPS) is 15.9. The van der Waals surface area contributed by atoms with Gasteiger partial charge in [0, 0.05) is 21.9 Å². The quantitative estimate of drug-likeness (QED) is 0.620. The lowest BCUT2D eigenvalue weighted by molar-refractivity contribution is -0.123. The average molecular weight is 406 g/mol. The van der Waals surface area contributed by atoms with Crippen LogP contribution in [-0.2, 0) is 9.53 Å². The molecule has 3 rings (SSSR count). The second kappa shape index (κ2) is 8.77. The summed E-state index contributed by atoms with van der Waals surface area (Å²) in [4.78, 5) is 28.1. The predicted octanol–water partition coefficient (Wildman–Crippen LogP) is 5.17. The maximum absolute atomic E-state index is 12.3. The van der Waals surface area contributed by atoms with Crippen LogP contribution in [0.3, 0.4) is 0 Å². The molecule has 0 bridgehead atoms. The van der Waals surface area contributed by atoms with E-state index in [-0.39, 0.29) is 17.7 Å². The van der Waals surface area contributed by atoms with E-state index < -0.39 is 0 Å². The van der Waals surface area contributed by atoms with Crippen molar-refractivity contribution in [3.05, 3.63) is 64.0 Å². The standard InChI is InChI=1S/C19H16ClNO3S2/c1-24-11-10-21-18(22)17(26-19(21)23)12-13-2-6-15(7-3-13)25-16-8-4-14(20)5-9-16/h2-9,12H,10-11H2,1H3/b17-12+. The smallest absolute Gasteiger partial charge is 0.293 e. The van der Waals surface area contributed by atoms with Gasteiger partial charge in [0.25, 0.3) is 11.1 Å². The van der Waals surface area contributed by atoms with E-state index in [1.807, 2.05) is 48.5 Å². The topological polar surface area (TPSA) is 46.6 Å². The van der Waals surface area contributed by atoms with Gasteiger partial charge in [-0.25, -0.2) is 0 Å². The summed E-state index contributed by atoms with van der Waals surface area (Å²) in [7, 11) is 1.54. The molecule has 2 amide bonds.